The summed E-state index contributed by atoms with van der Waals surface area (Å²) in [4.78, 5) is 16.5. The van der Waals surface area contributed by atoms with E-state index in [0.29, 0.717) is 30.2 Å². The Morgan fingerprint density at radius 3 is 2.61 bits per heavy atom. The number of phenols is 1. The molecule has 15 heteroatoms. The molecule has 1 amide bonds. The average molecular weight is 757 g/mol. The molecule has 5 N–H and O–H groups in total. The third kappa shape index (κ3) is 7.60. The number of ether oxygens (including phenoxy) is 3. The van der Waals surface area contributed by atoms with Gasteiger partial charge in [0.1, 0.15) is 36.4 Å². The Morgan fingerprint density at radius 1 is 1.04 bits per heavy atom. The van der Waals surface area contributed by atoms with E-state index in [4.69, 9.17) is 14.2 Å². The van der Waals surface area contributed by atoms with E-state index in [1.165, 1.54) is 36.2 Å². The van der Waals surface area contributed by atoms with Gasteiger partial charge in [0.15, 0.2) is 11.8 Å². The highest BCUT2D eigenvalue weighted by Crippen LogP contribution is 2.62. The molecule has 4 unspecified atom stereocenters. The van der Waals surface area contributed by atoms with Crippen molar-refractivity contribution in [3.63, 3.8) is 0 Å². The van der Waals surface area contributed by atoms with E-state index >= 15 is 0 Å². The summed E-state index contributed by atoms with van der Waals surface area (Å²) in [5.74, 6) is 1.09. The van der Waals surface area contributed by atoms with Crippen molar-refractivity contribution in [2.24, 2.45) is 23.2 Å². The van der Waals surface area contributed by atoms with Crippen LogP contribution in [0, 0.1) is 23.2 Å². The maximum absolute atomic E-state index is 13.2. The lowest BCUT2D eigenvalue weighted by Crippen LogP contribution is -2.60. The van der Waals surface area contributed by atoms with Crippen LogP contribution >= 0.6 is 0 Å². The first-order chi connectivity index (χ1) is 25.7. The zero-order chi connectivity index (χ0) is 38.4. The van der Waals surface area contributed by atoms with Crippen molar-refractivity contribution in [2.75, 3.05) is 13.2 Å². The summed E-state index contributed by atoms with van der Waals surface area (Å²) in [5.41, 5.74) is 1.33. The van der Waals surface area contributed by atoms with Crippen LogP contribution in [0.1, 0.15) is 85.6 Å². The maximum atomic E-state index is 13.2. The first-order valence-corrected chi connectivity index (χ1v) is 18.7. The number of rotatable bonds is 10. The zero-order valence-corrected chi connectivity index (χ0v) is 30.2. The molecule has 7 rings (SSSR count). The van der Waals surface area contributed by atoms with E-state index < -0.39 is 54.2 Å². The van der Waals surface area contributed by atoms with Crippen LogP contribution in [-0.2, 0) is 17.3 Å². The van der Waals surface area contributed by atoms with Gasteiger partial charge in [-0.1, -0.05) is 19.1 Å². The van der Waals surface area contributed by atoms with Crippen LogP contribution in [-0.4, -0.2) is 91.3 Å². The fourth-order valence-electron chi connectivity index (χ4n) is 9.56. The van der Waals surface area contributed by atoms with Crippen LogP contribution in [0.5, 0.6) is 17.5 Å². The lowest BCUT2D eigenvalue weighted by Gasteiger charge is -2.53. The van der Waals surface area contributed by atoms with E-state index in [0.717, 1.165) is 57.1 Å². The van der Waals surface area contributed by atoms with Crippen LogP contribution in [0.3, 0.4) is 0 Å². The normalized spacial score (nSPS) is 33.3. The monoisotopic (exact) mass is 756 g/mol. The van der Waals surface area contributed by atoms with Crippen LogP contribution in [0.15, 0.2) is 48.5 Å². The third-order valence-corrected chi connectivity index (χ3v) is 12.3. The number of aliphatic hydroxyl groups excluding tert-OH is 3. The molecule has 12 nitrogen and oxygen atoms in total. The minimum absolute atomic E-state index is 0.0223. The molecule has 3 heterocycles. The standard InChI is InChI=1S/C39H47F3N4O8/c1-20-34(49)35(50)36(54-31-7-3-6-29(44-31)39(40,41)42)28(53-20)19-52-32-13-11-27(45-46-32)37(51)43-16-4-5-21-17-22-18-23(47)8-9-24(22)25-14-15-38(2)26(33(21)25)10-12-30(38)48/h3,6-9,11,13,18,20-21,25-26,28,30,33-36,47-50H,4-5,10,12,14-17,19H2,1-2H3,(H,43,51)/t20-,21?,25?,26?,28-,30+,33?,34+,35+,36+,38+/m1/s1. The summed E-state index contributed by atoms with van der Waals surface area (Å²) in [7, 11) is 0. The molecule has 3 aliphatic carbocycles. The largest absolute Gasteiger partial charge is 0.508 e. The number of halogens is 3. The number of hydrogen-bond acceptors (Lipinski definition) is 11. The van der Waals surface area contributed by atoms with Crippen LogP contribution in [0.25, 0.3) is 0 Å². The second kappa shape index (κ2) is 15.2. The molecule has 2 aromatic heterocycles. The number of fused-ring (bicyclic) bond motifs is 5. The number of carbonyl (C=O) groups is 1. The first-order valence-electron chi connectivity index (χ1n) is 18.7. The van der Waals surface area contributed by atoms with Crippen molar-refractivity contribution in [2.45, 2.75) is 108 Å². The number of aliphatic hydroxyl groups is 3. The smallest absolute Gasteiger partial charge is 0.433 e. The molecule has 2 saturated carbocycles. The molecule has 292 valence electrons. The molecule has 0 bridgehead atoms. The van der Waals surface area contributed by atoms with Crippen LogP contribution < -0.4 is 14.8 Å². The van der Waals surface area contributed by atoms with Gasteiger partial charge >= 0.3 is 6.18 Å². The molecule has 1 aliphatic heterocycles. The predicted octanol–water partition coefficient (Wildman–Crippen LogP) is 4.58. The van der Waals surface area contributed by atoms with Crippen molar-refractivity contribution in [1.82, 2.24) is 20.5 Å². The summed E-state index contributed by atoms with van der Waals surface area (Å²) < 4.78 is 56.7. The summed E-state index contributed by atoms with van der Waals surface area (Å²) >= 11 is 0. The minimum Gasteiger partial charge on any atom is -0.508 e. The van der Waals surface area contributed by atoms with Gasteiger partial charge in [0, 0.05) is 18.7 Å². The average Bonchev–Trinajstić information content (AvgIpc) is 3.45. The molecule has 3 fully saturated rings. The molecular formula is C39H47F3N4O8. The van der Waals surface area contributed by atoms with Gasteiger partial charge in [-0.25, -0.2) is 4.98 Å². The maximum Gasteiger partial charge on any atom is 0.433 e. The number of aromatic nitrogens is 3. The van der Waals surface area contributed by atoms with Gasteiger partial charge in [0.2, 0.25) is 11.8 Å². The minimum atomic E-state index is -4.71. The number of amides is 1. The zero-order valence-electron chi connectivity index (χ0n) is 30.2. The number of carbonyl (C=O) groups excluding carboxylic acids is 1. The fraction of sp³-hybridized carbons (Fsp3) is 0.590. The highest BCUT2D eigenvalue weighted by molar-refractivity contribution is 5.92. The van der Waals surface area contributed by atoms with Gasteiger partial charge in [-0.05, 0) is 116 Å². The van der Waals surface area contributed by atoms with Crippen molar-refractivity contribution >= 4 is 5.91 Å². The Kier molecular flexibility index (Phi) is 10.8. The Hall–Kier alpha value is -4.05. The molecule has 3 aromatic rings. The number of nitrogens with one attached hydrogen (secondary N) is 1. The SMILES string of the molecule is C[C@H]1O[C@H](COc2ccc(C(=O)NCCCC3Cc4cc(O)ccc4C4CC[C@@]5(C)C(CC[C@@H]5O)C34)nn2)[C@H](Oc2cccc(C(F)(F)F)n2)[C@@H](O)[C@H]1O. The molecular weight excluding hydrogens is 709 g/mol. The predicted molar refractivity (Wildman–Crippen MR) is 187 cm³/mol. The quantitative estimate of drug-likeness (QED) is 0.183. The summed E-state index contributed by atoms with van der Waals surface area (Å²) in [6, 6.07) is 11.7. The highest BCUT2D eigenvalue weighted by Gasteiger charge is 2.56. The first kappa shape index (κ1) is 38.2. The lowest BCUT2D eigenvalue weighted by molar-refractivity contribution is -0.216. The second-order valence-corrected chi connectivity index (χ2v) is 15.5. The number of alkyl halides is 3. The number of phenolic OH excluding ortho intramolecular Hbond substituents is 1. The number of benzene rings is 1. The Morgan fingerprint density at radius 2 is 1.85 bits per heavy atom. The Balaban J connectivity index is 0.936. The topological polar surface area (TPSA) is 176 Å². The van der Waals surface area contributed by atoms with Crippen LogP contribution in [0.4, 0.5) is 13.2 Å². The van der Waals surface area contributed by atoms with E-state index in [1.54, 1.807) is 6.07 Å². The number of hydrogen-bond donors (Lipinski definition) is 5. The Labute approximate surface area is 311 Å². The van der Waals surface area contributed by atoms with Gasteiger partial charge in [-0.3, -0.25) is 4.79 Å². The van der Waals surface area contributed by atoms with Crippen LogP contribution in [0.2, 0.25) is 0 Å². The summed E-state index contributed by atoms with van der Waals surface area (Å²) in [5, 5.41) is 53.2. The van der Waals surface area contributed by atoms with Crippen molar-refractivity contribution < 1.29 is 52.6 Å². The van der Waals surface area contributed by atoms with Gasteiger partial charge in [0.25, 0.3) is 5.91 Å². The Bertz CT molecular complexity index is 1800. The molecule has 0 radical (unpaired) electrons. The van der Waals surface area contributed by atoms with Crippen molar-refractivity contribution in [3.8, 4) is 17.5 Å². The number of pyridine rings is 1. The summed E-state index contributed by atoms with van der Waals surface area (Å²) in [6.45, 7) is 3.93. The van der Waals surface area contributed by atoms with E-state index in [1.807, 2.05) is 6.07 Å². The molecule has 1 saturated heterocycles. The fourth-order valence-corrected chi connectivity index (χ4v) is 9.56. The number of aromatic hydroxyl groups is 1. The molecule has 4 aliphatic rings. The van der Waals surface area contributed by atoms with Gasteiger partial charge in [-0.15, -0.1) is 10.2 Å². The molecule has 54 heavy (non-hydrogen) atoms. The van der Waals surface area contributed by atoms with Gasteiger partial charge in [-0.2, -0.15) is 13.2 Å². The lowest BCUT2D eigenvalue weighted by atomic mass is 9.52. The van der Waals surface area contributed by atoms with E-state index in [9.17, 15) is 38.4 Å². The van der Waals surface area contributed by atoms with Crippen molar-refractivity contribution in [1.29, 1.82) is 0 Å². The molecule has 11 atom stereocenters. The van der Waals surface area contributed by atoms with Crippen molar-refractivity contribution in [3.05, 3.63) is 71.0 Å². The molecule has 1 aromatic carbocycles. The number of nitrogens with zero attached hydrogens (tertiary/aromatic N) is 3. The third-order valence-electron chi connectivity index (χ3n) is 12.3. The van der Waals surface area contributed by atoms with E-state index in [-0.39, 0.29) is 35.4 Å². The van der Waals surface area contributed by atoms with Gasteiger partial charge in [0.05, 0.1) is 12.2 Å². The second-order valence-electron chi connectivity index (χ2n) is 15.5. The van der Waals surface area contributed by atoms with E-state index in [2.05, 4.69) is 33.5 Å². The highest BCUT2D eigenvalue weighted by atomic mass is 19.4. The molecule has 0 spiro atoms. The summed E-state index contributed by atoms with van der Waals surface area (Å²) in [6.07, 6.45) is -4.79. The van der Waals surface area contributed by atoms with Gasteiger partial charge < -0.3 is 40.0 Å².